The van der Waals surface area contributed by atoms with E-state index in [0.29, 0.717) is 0 Å². The molecule has 3 aromatic rings. The van der Waals surface area contributed by atoms with E-state index >= 15 is 0 Å². The van der Waals surface area contributed by atoms with Gasteiger partial charge in [0.25, 0.3) is 0 Å². The topological polar surface area (TPSA) is 28.1 Å². The molecule has 2 heterocycles. The lowest BCUT2D eigenvalue weighted by molar-refractivity contribution is 0.527. The largest absolute Gasteiger partial charge is 0.358 e. The summed E-state index contributed by atoms with van der Waals surface area (Å²) in [6, 6.07) is 16.0. The molecule has 0 bridgehead atoms. The molecule has 1 unspecified atom stereocenters. The fourth-order valence-electron chi connectivity index (χ4n) is 5.70. The number of nitrogens with one attached hydrogen (secondary N) is 1. The van der Waals surface area contributed by atoms with Crippen LogP contribution in [0.1, 0.15) is 60.9 Å². The molecule has 0 saturated heterocycles. The summed E-state index contributed by atoms with van der Waals surface area (Å²) in [4.78, 5) is 8.83. The van der Waals surface area contributed by atoms with Gasteiger partial charge in [0.2, 0.25) is 0 Å². The number of aromatic nitrogens is 1. The van der Waals surface area contributed by atoms with Gasteiger partial charge in [-0.05, 0) is 73.8 Å². The molecule has 0 spiro atoms. The molecule has 6 rings (SSSR count). The van der Waals surface area contributed by atoms with Crippen molar-refractivity contribution in [1.82, 2.24) is 4.98 Å². The summed E-state index contributed by atoms with van der Waals surface area (Å²) in [5.41, 5.74) is 9.82. The Bertz CT molecular complexity index is 1060. The predicted molar refractivity (Wildman–Crippen MR) is 108 cm³/mol. The molecule has 0 radical (unpaired) electrons. The Hall–Kier alpha value is -2.35. The van der Waals surface area contributed by atoms with E-state index in [4.69, 9.17) is 4.99 Å². The van der Waals surface area contributed by atoms with Crippen molar-refractivity contribution < 1.29 is 0 Å². The van der Waals surface area contributed by atoms with Crippen LogP contribution >= 0.6 is 0 Å². The summed E-state index contributed by atoms with van der Waals surface area (Å²) in [7, 11) is 0. The zero-order valence-corrected chi connectivity index (χ0v) is 15.1. The molecule has 2 aromatic carbocycles. The van der Waals surface area contributed by atoms with E-state index in [-0.39, 0.29) is 5.41 Å². The van der Waals surface area contributed by atoms with Crippen molar-refractivity contribution in [1.29, 1.82) is 0 Å². The molecule has 26 heavy (non-hydrogen) atoms. The summed E-state index contributed by atoms with van der Waals surface area (Å²) in [6.07, 6.45) is 9.97. The Balaban J connectivity index is 1.58. The molecule has 1 atom stereocenters. The monoisotopic (exact) mass is 340 g/mol. The number of H-pyrrole nitrogens is 1. The molecule has 1 saturated carbocycles. The quantitative estimate of drug-likeness (QED) is 0.563. The van der Waals surface area contributed by atoms with Crippen LogP contribution in [0.5, 0.6) is 0 Å². The highest BCUT2D eigenvalue weighted by molar-refractivity contribution is 6.05. The number of aliphatic imine (C=N–C) groups is 1. The molecular formula is C24H24N2. The third-order valence-corrected chi connectivity index (χ3v) is 6.92. The molecule has 0 amide bonds. The van der Waals surface area contributed by atoms with Crippen LogP contribution in [0.15, 0.2) is 47.5 Å². The first-order chi connectivity index (χ1) is 12.9. The molecule has 1 fully saturated rings. The van der Waals surface area contributed by atoms with Gasteiger partial charge < -0.3 is 4.98 Å². The van der Waals surface area contributed by atoms with Gasteiger partial charge in [-0.3, -0.25) is 4.99 Å². The standard InChI is InChI=1S/C24H24N2/c1-3-9-20-17(7-1)18-13-12-16(15-22(18)25-20)24-14-6-5-11-23(24)26-21-10-4-2-8-19(21)24/h2,4,8,10,12-13,15,25H,1,3,5-7,9,11,14H2. The fourth-order valence-corrected chi connectivity index (χ4v) is 5.70. The highest BCUT2D eigenvalue weighted by atomic mass is 14.8. The van der Waals surface area contributed by atoms with Crippen LogP contribution in [-0.4, -0.2) is 10.7 Å². The summed E-state index contributed by atoms with van der Waals surface area (Å²) < 4.78 is 0. The van der Waals surface area contributed by atoms with Gasteiger partial charge in [-0.2, -0.15) is 0 Å². The molecule has 2 nitrogen and oxygen atoms in total. The molecule has 1 N–H and O–H groups in total. The normalized spacial score (nSPS) is 24.1. The van der Waals surface area contributed by atoms with Crippen LogP contribution in [0.3, 0.4) is 0 Å². The minimum absolute atomic E-state index is 0.00858. The Kier molecular flexibility index (Phi) is 3.03. The molecule has 1 aliphatic heterocycles. The number of para-hydroxylation sites is 1. The number of aromatic amines is 1. The summed E-state index contributed by atoms with van der Waals surface area (Å²) in [5.74, 6) is 0. The Morgan fingerprint density at radius 3 is 2.77 bits per heavy atom. The second kappa shape index (κ2) is 5.33. The Morgan fingerprint density at radius 2 is 1.77 bits per heavy atom. The Morgan fingerprint density at radius 1 is 0.885 bits per heavy atom. The number of hydrogen-bond donors (Lipinski definition) is 1. The third-order valence-electron chi connectivity index (χ3n) is 6.92. The smallest absolute Gasteiger partial charge is 0.0674 e. The van der Waals surface area contributed by atoms with Gasteiger partial charge >= 0.3 is 0 Å². The first-order valence-electron chi connectivity index (χ1n) is 10.2. The van der Waals surface area contributed by atoms with Crippen molar-refractivity contribution >= 4 is 22.3 Å². The number of rotatable bonds is 1. The second-order valence-electron chi connectivity index (χ2n) is 8.24. The van der Waals surface area contributed by atoms with E-state index in [1.165, 1.54) is 84.1 Å². The van der Waals surface area contributed by atoms with E-state index in [9.17, 15) is 0 Å². The third kappa shape index (κ3) is 1.85. The van der Waals surface area contributed by atoms with Gasteiger partial charge in [0.05, 0.1) is 11.1 Å². The van der Waals surface area contributed by atoms with E-state index in [0.717, 1.165) is 6.42 Å². The molecule has 2 aliphatic carbocycles. The van der Waals surface area contributed by atoms with Crippen LogP contribution in [0.4, 0.5) is 5.69 Å². The average Bonchev–Trinajstić information content (AvgIpc) is 3.23. The summed E-state index contributed by atoms with van der Waals surface area (Å²) in [5, 5.41) is 1.44. The SMILES string of the molecule is c1ccc2c(c1)N=C1CCCCC12c1ccc2c3c([nH]c2c1)CCCC3. The zero-order valence-electron chi connectivity index (χ0n) is 15.1. The van der Waals surface area contributed by atoms with Crippen LogP contribution in [0.2, 0.25) is 0 Å². The lowest BCUT2D eigenvalue weighted by Gasteiger charge is -2.36. The van der Waals surface area contributed by atoms with E-state index < -0.39 is 0 Å². The number of benzene rings is 2. The van der Waals surface area contributed by atoms with Gasteiger partial charge in [-0.15, -0.1) is 0 Å². The lowest BCUT2D eigenvalue weighted by Crippen LogP contribution is -2.37. The van der Waals surface area contributed by atoms with Crippen molar-refractivity contribution in [2.45, 2.75) is 56.8 Å². The summed E-state index contributed by atoms with van der Waals surface area (Å²) in [6.45, 7) is 0. The van der Waals surface area contributed by atoms with Gasteiger partial charge in [0.1, 0.15) is 0 Å². The number of nitrogens with zero attached hydrogens (tertiary/aromatic N) is 1. The van der Waals surface area contributed by atoms with Crippen molar-refractivity contribution in [2.24, 2.45) is 4.99 Å². The Labute approximate surface area is 154 Å². The van der Waals surface area contributed by atoms with Gasteiger partial charge in [0, 0.05) is 22.3 Å². The van der Waals surface area contributed by atoms with E-state index in [2.05, 4.69) is 47.4 Å². The van der Waals surface area contributed by atoms with Crippen molar-refractivity contribution in [2.75, 3.05) is 0 Å². The average molecular weight is 340 g/mol. The second-order valence-corrected chi connectivity index (χ2v) is 8.24. The number of hydrogen-bond acceptors (Lipinski definition) is 1. The minimum Gasteiger partial charge on any atom is -0.358 e. The first kappa shape index (κ1) is 14.8. The number of aryl methyl sites for hydroxylation is 2. The summed E-state index contributed by atoms with van der Waals surface area (Å²) >= 11 is 0. The van der Waals surface area contributed by atoms with Crippen molar-refractivity contribution in [3.63, 3.8) is 0 Å². The molecular weight excluding hydrogens is 316 g/mol. The van der Waals surface area contributed by atoms with Crippen molar-refractivity contribution in [3.05, 3.63) is 64.8 Å². The number of fused-ring (bicyclic) bond motifs is 6. The van der Waals surface area contributed by atoms with Crippen LogP contribution in [-0.2, 0) is 18.3 Å². The zero-order chi connectivity index (χ0) is 17.1. The van der Waals surface area contributed by atoms with Gasteiger partial charge in [0.15, 0.2) is 0 Å². The van der Waals surface area contributed by atoms with E-state index in [1.54, 1.807) is 5.56 Å². The van der Waals surface area contributed by atoms with Crippen LogP contribution < -0.4 is 0 Å². The fraction of sp³-hybridized carbons (Fsp3) is 0.375. The predicted octanol–water partition coefficient (Wildman–Crippen LogP) is 5.99. The van der Waals surface area contributed by atoms with Gasteiger partial charge in [-0.1, -0.05) is 36.8 Å². The van der Waals surface area contributed by atoms with Crippen molar-refractivity contribution in [3.8, 4) is 0 Å². The van der Waals surface area contributed by atoms with E-state index in [1.807, 2.05) is 0 Å². The van der Waals surface area contributed by atoms with Crippen LogP contribution in [0.25, 0.3) is 10.9 Å². The van der Waals surface area contributed by atoms with Crippen LogP contribution in [0, 0.1) is 0 Å². The maximum Gasteiger partial charge on any atom is 0.0674 e. The highest BCUT2D eigenvalue weighted by Crippen LogP contribution is 2.51. The lowest BCUT2D eigenvalue weighted by atomic mass is 9.65. The molecule has 130 valence electrons. The highest BCUT2D eigenvalue weighted by Gasteiger charge is 2.45. The first-order valence-corrected chi connectivity index (χ1v) is 10.2. The molecule has 3 aliphatic rings. The van der Waals surface area contributed by atoms with Gasteiger partial charge in [-0.25, -0.2) is 0 Å². The maximum atomic E-state index is 5.07. The maximum absolute atomic E-state index is 5.07. The minimum atomic E-state index is 0.00858. The molecule has 2 heteroatoms. The molecule has 1 aromatic heterocycles.